The highest BCUT2D eigenvalue weighted by molar-refractivity contribution is 5.85. The summed E-state index contributed by atoms with van der Waals surface area (Å²) in [4.78, 5) is 38.2. The Kier molecular flexibility index (Phi) is 8.20. The minimum Gasteiger partial charge on any atom is -0.460 e. The highest BCUT2D eigenvalue weighted by Crippen LogP contribution is 2.24. The van der Waals surface area contributed by atoms with Gasteiger partial charge in [0.1, 0.15) is 36.0 Å². The van der Waals surface area contributed by atoms with E-state index in [4.69, 9.17) is 18.6 Å². The summed E-state index contributed by atoms with van der Waals surface area (Å²) in [5, 5.41) is 2.88. The number of carbonyl (C=O) groups is 2. The molecule has 3 aromatic carbocycles. The van der Waals surface area contributed by atoms with Crippen molar-refractivity contribution in [3.8, 4) is 17.2 Å². The zero-order chi connectivity index (χ0) is 26.2. The molecule has 0 fully saturated rings. The molecule has 4 aromatic rings. The molecule has 190 valence electrons. The standard InChI is InChI=1S/C29H27NO7/c1-3-19(2)26(30-29(33)35-17-20-10-6-4-7-11-20)28(32)37-22-14-15-23-24(16-22)34-18-25(27(23)31)36-21-12-8-5-9-13-21/h4-16,18-19,26H,3,17H2,1-2H3,(H,30,33)/t19?,26-/m1/s1. The molecule has 0 saturated heterocycles. The van der Waals surface area contributed by atoms with Gasteiger partial charge in [0.15, 0.2) is 0 Å². The molecule has 0 aliphatic rings. The second-order valence-corrected chi connectivity index (χ2v) is 8.49. The second-order valence-electron chi connectivity index (χ2n) is 8.49. The monoisotopic (exact) mass is 501 g/mol. The molecule has 8 heteroatoms. The van der Waals surface area contributed by atoms with Crippen LogP contribution in [0.4, 0.5) is 4.79 Å². The van der Waals surface area contributed by atoms with Crippen molar-refractivity contribution < 1.29 is 28.2 Å². The lowest BCUT2D eigenvalue weighted by atomic mass is 9.99. The Morgan fingerprint density at radius 2 is 1.65 bits per heavy atom. The zero-order valence-corrected chi connectivity index (χ0v) is 20.5. The Hall–Kier alpha value is -4.59. The van der Waals surface area contributed by atoms with E-state index in [1.54, 1.807) is 24.3 Å². The van der Waals surface area contributed by atoms with Gasteiger partial charge in [-0.3, -0.25) is 4.79 Å². The molecule has 0 aliphatic carbocycles. The lowest BCUT2D eigenvalue weighted by Crippen LogP contribution is -2.47. The number of fused-ring (bicyclic) bond motifs is 1. The fourth-order valence-corrected chi connectivity index (χ4v) is 3.58. The van der Waals surface area contributed by atoms with E-state index in [1.165, 1.54) is 24.5 Å². The third-order valence-electron chi connectivity index (χ3n) is 5.86. The number of rotatable bonds is 9. The minimum absolute atomic E-state index is 0.0403. The van der Waals surface area contributed by atoms with E-state index in [1.807, 2.05) is 50.2 Å². The van der Waals surface area contributed by atoms with Gasteiger partial charge in [-0.25, -0.2) is 9.59 Å². The van der Waals surface area contributed by atoms with Crippen molar-refractivity contribution in [3.63, 3.8) is 0 Å². The van der Waals surface area contributed by atoms with E-state index in [9.17, 15) is 14.4 Å². The lowest BCUT2D eigenvalue weighted by Gasteiger charge is -2.22. The lowest BCUT2D eigenvalue weighted by molar-refractivity contribution is -0.138. The van der Waals surface area contributed by atoms with Gasteiger partial charge in [-0.2, -0.15) is 0 Å². The largest absolute Gasteiger partial charge is 0.460 e. The summed E-state index contributed by atoms with van der Waals surface area (Å²) in [6.07, 6.45) is 1.12. The third-order valence-corrected chi connectivity index (χ3v) is 5.86. The molecule has 1 unspecified atom stereocenters. The Balaban J connectivity index is 1.45. The summed E-state index contributed by atoms with van der Waals surface area (Å²) in [7, 11) is 0. The highest BCUT2D eigenvalue weighted by Gasteiger charge is 2.28. The summed E-state index contributed by atoms with van der Waals surface area (Å²) < 4.78 is 22.0. The summed E-state index contributed by atoms with van der Waals surface area (Å²) in [6.45, 7) is 3.81. The first-order valence-electron chi connectivity index (χ1n) is 11.9. The molecule has 1 amide bonds. The van der Waals surface area contributed by atoms with Crippen molar-refractivity contribution in [1.82, 2.24) is 5.32 Å². The topological polar surface area (TPSA) is 104 Å². The van der Waals surface area contributed by atoms with Gasteiger partial charge in [0, 0.05) is 6.07 Å². The highest BCUT2D eigenvalue weighted by atomic mass is 16.6. The van der Waals surface area contributed by atoms with Crippen molar-refractivity contribution >= 4 is 23.0 Å². The summed E-state index contributed by atoms with van der Waals surface area (Å²) in [5.41, 5.74) is 0.699. The van der Waals surface area contributed by atoms with Gasteiger partial charge in [0.05, 0.1) is 5.39 Å². The van der Waals surface area contributed by atoms with E-state index < -0.39 is 18.1 Å². The summed E-state index contributed by atoms with van der Waals surface area (Å²) in [5.74, 6) is -0.154. The van der Waals surface area contributed by atoms with Crippen LogP contribution in [-0.2, 0) is 16.1 Å². The number of carbonyl (C=O) groups excluding carboxylic acids is 2. The predicted octanol–water partition coefficient (Wildman–Crippen LogP) is 5.83. The Labute approximate surface area is 213 Å². The molecule has 1 aromatic heterocycles. The molecule has 1 heterocycles. The third kappa shape index (κ3) is 6.55. The summed E-state index contributed by atoms with van der Waals surface area (Å²) >= 11 is 0. The number of nitrogens with one attached hydrogen (secondary N) is 1. The fourth-order valence-electron chi connectivity index (χ4n) is 3.58. The average molecular weight is 502 g/mol. The molecule has 0 aliphatic heterocycles. The minimum atomic E-state index is -0.933. The first kappa shape index (κ1) is 25.5. The summed E-state index contributed by atoms with van der Waals surface area (Å²) in [6, 6.07) is 21.6. The van der Waals surface area contributed by atoms with E-state index in [0.717, 1.165) is 5.56 Å². The molecule has 0 radical (unpaired) electrons. The fraction of sp³-hybridized carbons (Fsp3) is 0.207. The molecular weight excluding hydrogens is 474 g/mol. The number of esters is 1. The van der Waals surface area contributed by atoms with E-state index in [-0.39, 0.29) is 40.4 Å². The van der Waals surface area contributed by atoms with Gasteiger partial charge in [-0.05, 0) is 35.7 Å². The van der Waals surface area contributed by atoms with Crippen LogP contribution in [0.5, 0.6) is 17.2 Å². The maximum atomic E-state index is 13.0. The molecular formula is C29H27NO7. The number of ether oxygens (including phenoxy) is 3. The Morgan fingerprint density at radius 1 is 0.946 bits per heavy atom. The molecule has 2 atom stereocenters. The number of benzene rings is 3. The van der Waals surface area contributed by atoms with Crippen molar-refractivity contribution in [2.24, 2.45) is 5.92 Å². The van der Waals surface area contributed by atoms with Gasteiger partial charge in [-0.1, -0.05) is 68.8 Å². The Bertz CT molecular complexity index is 1420. The van der Waals surface area contributed by atoms with Crippen molar-refractivity contribution in [2.75, 3.05) is 0 Å². The van der Waals surface area contributed by atoms with E-state index >= 15 is 0 Å². The average Bonchev–Trinajstić information content (AvgIpc) is 2.93. The van der Waals surface area contributed by atoms with Crippen LogP contribution in [0.15, 0.2) is 94.3 Å². The van der Waals surface area contributed by atoms with Gasteiger partial charge in [0.2, 0.25) is 11.2 Å². The number of hydrogen-bond donors (Lipinski definition) is 1. The van der Waals surface area contributed by atoms with Gasteiger partial charge in [-0.15, -0.1) is 0 Å². The normalized spacial score (nSPS) is 12.4. The molecule has 0 saturated carbocycles. The number of hydrogen-bond acceptors (Lipinski definition) is 7. The van der Waals surface area contributed by atoms with Crippen LogP contribution >= 0.6 is 0 Å². The smallest absolute Gasteiger partial charge is 0.408 e. The van der Waals surface area contributed by atoms with Crippen LogP contribution in [0.2, 0.25) is 0 Å². The number of amides is 1. The predicted molar refractivity (Wildman–Crippen MR) is 138 cm³/mol. The van der Waals surface area contributed by atoms with Crippen LogP contribution in [0.1, 0.15) is 25.8 Å². The van der Waals surface area contributed by atoms with Gasteiger partial charge in [0.25, 0.3) is 0 Å². The zero-order valence-electron chi connectivity index (χ0n) is 20.5. The molecule has 37 heavy (non-hydrogen) atoms. The van der Waals surface area contributed by atoms with Crippen LogP contribution in [-0.4, -0.2) is 18.1 Å². The quantitative estimate of drug-likeness (QED) is 0.227. The number of para-hydroxylation sites is 1. The molecule has 0 bridgehead atoms. The Morgan fingerprint density at radius 3 is 2.35 bits per heavy atom. The van der Waals surface area contributed by atoms with E-state index in [0.29, 0.717) is 12.2 Å². The van der Waals surface area contributed by atoms with E-state index in [2.05, 4.69) is 5.32 Å². The van der Waals surface area contributed by atoms with Crippen LogP contribution in [0.25, 0.3) is 11.0 Å². The maximum Gasteiger partial charge on any atom is 0.408 e. The molecule has 1 N–H and O–H groups in total. The van der Waals surface area contributed by atoms with Gasteiger partial charge < -0.3 is 23.9 Å². The molecule has 4 rings (SSSR count). The van der Waals surface area contributed by atoms with Crippen molar-refractivity contribution in [3.05, 3.63) is 101 Å². The first-order valence-corrected chi connectivity index (χ1v) is 11.9. The first-order chi connectivity index (χ1) is 17.9. The van der Waals surface area contributed by atoms with Crippen molar-refractivity contribution in [1.29, 1.82) is 0 Å². The SMILES string of the molecule is CCC(C)[C@@H](NC(=O)OCc1ccccc1)C(=O)Oc1ccc2c(=O)c(Oc3ccccc3)coc2c1. The van der Waals surface area contributed by atoms with Crippen LogP contribution in [0, 0.1) is 5.92 Å². The van der Waals surface area contributed by atoms with Gasteiger partial charge >= 0.3 is 12.1 Å². The maximum absolute atomic E-state index is 13.0. The molecule has 0 spiro atoms. The second kappa shape index (κ2) is 11.9. The van der Waals surface area contributed by atoms with Crippen LogP contribution < -0.4 is 20.2 Å². The molecule has 8 nitrogen and oxygen atoms in total. The van der Waals surface area contributed by atoms with Crippen molar-refractivity contribution in [2.45, 2.75) is 32.9 Å². The number of alkyl carbamates (subject to hydrolysis) is 1. The van der Waals surface area contributed by atoms with Crippen LogP contribution in [0.3, 0.4) is 0 Å².